The topological polar surface area (TPSA) is 24.9 Å². The molecule has 0 saturated carbocycles. The summed E-state index contributed by atoms with van der Waals surface area (Å²) in [5.41, 5.74) is 8.10. The van der Waals surface area contributed by atoms with Crippen LogP contribution in [0.2, 0.25) is 5.02 Å². The standard InChI is InChI=1S/C25H19ClN2/c1-17(7-8-19-13-15-27-16-14-19)24-18(2)28-23-6-4-3-5-22(23)25(24)20-9-11-21(26)12-10-20/h3-16,28H,1-2H2/b8-7+. The summed E-state index contributed by atoms with van der Waals surface area (Å²) in [6, 6.07) is 20.0. The van der Waals surface area contributed by atoms with Crippen LogP contribution in [0.1, 0.15) is 16.7 Å². The summed E-state index contributed by atoms with van der Waals surface area (Å²) in [7, 11) is 0. The van der Waals surface area contributed by atoms with Crippen LogP contribution in [0.5, 0.6) is 0 Å². The maximum absolute atomic E-state index is 6.12. The van der Waals surface area contributed by atoms with E-state index in [1.165, 1.54) is 0 Å². The molecule has 2 nitrogen and oxygen atoms in total. The van der Waals surface area contributed by atoms with E-state index in [4.69, 9.17) is 11.6 Å². The molecule has 0 amide bonds. The third kappa shape index (κ3) is 3.55. The number of fused-ring (bicyclic) bond motifs is 1. The quantitative estimate of drug-likeness (QED) is 0.505. The number of anilines is 1. The molecule has 0 unspecified atom stereocenters. The van der Waals surface area contributed by atoms with Crippen molar-refractivity contribution in [2.75, 3.05) is 5.32 Å². The predicted molar refractivity (Wildman–Crippen MR) is 119 cm³/mol. The van der Waals surface area contributed by atoms with Crippen LogP contribution in [0.3, 0.4) is 0 Å². The first-order valence-electron chi connectivity index (χ1n) is 8.97. The van der Waals surface area contributed by atoms with Crippen LogP contribution in [0, 0.1) is 0 Å². The molecule has 1 aliphatic rings. The first-order chi connectivity index (χ1) is 13.6. The van der Waals surface area contributed by atoms with E-state index in [2.05, 4.69) is 35.6 Å². The van der Waals surface area contributed by atoms with Gasteiger partial charge in [0.2, 0.25) is 0 Å². The van der Waals surface area contributed by atoms with Gasteiger partial charge in [-0.05, 0) is 47.0 Å². The summed E-state index contributed by atoms with van der Waals surface area (Å²) in [6.45, 7) is 8.59. The minimum atomic E-state index is 0.711. The van der Waals surface area contributed by atoms with Gasteiger partial charge in [0.25, 0.3) is 0 Å². The van der Waals surface area contributed by atoms with E-state index in [1.807, 2.05) is 60.7 Å². The highest BCUT2D eigenvalue weighted by Gasteiger charge is 2.23. The molecule has 3 aromatic rings. The molecule has 1 aliphatic heterocycles. The second kappa shape index (κ2) is 7.71. The molecule has 1 N–H and O–H groups in total. The highest BCUT2D eigenvalue weighted by molar-refractivity contribution is 6.30. The Morgan fingerprint density at radius 1 is 0.964 bits per heavy atom. The van der Waals surface area contributed by atoms with Gasteiger partial charge in [0.1, 0.15) is 0 Å². The van der Waals surface area contributed by atoms with Crippen LogP contribution in [0.15, 0.2) is 109 Å². The Bertz CT molecular complexity index is 1110. The van der Waals surface area contributed by atoms with Crippen LogP contribution < -0.4 is 5.32 Å². The number of allylic oxidation sites excluding steroid dienone is 2. The number of hydrogen-bond acceptors (Lipinski definition) is 2. The smallest absolute Gasteiger partial charge is 0.0464 e. The zero-order chi connectivity index (χ0) is 19.5. The van der Waals surface area contributed by atoms with E-state index in [-0.39, 0.29) is 0 Å². The number of nitrogens with one attached hydrogen (secondary N) is 1. The van der Waals surface area contributed by atoms with Gasteiger partial charge in [0.05, 0.1) is 0 Å². The molecular weight excluding hydrogens is 364 g/mol. The summed E-state index contributed by atoms with van der Waals surface area (Å²) in [4.78, 5) is 4.06. The lowest BCUT2D eigenvalue weighted by atomic mass is 9.85. The van der Waals surface area contributed by atoms with Gasteiger partial charge in [-0.25, -0.2) is 0 Å². The third-order valence-corrected chi connectivity index (χ3v) is 4.92. The Labute approximate surface area is 170 Å². The molecule has 1 aromatic heterocycles. The predicted octanol–water partition coefficient (Wildman–Crippen LogP) is 6.75. The number of pyridine rings is 1. The molecule has 3 heteroatoms. The molecule has 0 fully saturated rings. The van der Waals surface area contributed by atoms with Crippen molar-refractivity contribution in [1.82, 2.24) is 4.98 Å². The van der Waals surface area contributed by atoms with E-state index in [0.717, 1.165) is 44.8 Å². The van der Waals surface area contributed by atoms with Crippen LogP contribution in [-0.2, 0) is 0 Å². The van der Waals surface area contributed by atoms with Gasteiger partial charge in [0.15, 0.2) is 0 Å². The van der Waals surface area contributed by atoms with Crippen molar-refractivity contribution < 1.29 is 0 Å². The van der Waals surface area contributed by atoms with Crippen molar-refractivity contribution in [2.24, 2.45) is 0 Å². The molecule has 0 radical (unpaired) electrons. The monoisotopic (exact) mass is 382 g/mol. The van der Waals surface area contributed by atoms with E-state index in [1.54, 1.807) is 12.4 Å². The number of hydrogen-bond donors (Lipinski definition) is 1. The molecule has 0 atom stereocenters. The van der Waals surface area contributed by atoms with Gasteiger partial charge in [-0.2, -0.15) is 0 Å². The number of nitrogens with zero attached hydrogens (tertiary/aromatic N) is 1. The lowest BCUT2D eigenvalue weighted by Gasteiger charge is -2.27. The fourth-order valence-electron chi connectivity index (χ4n) is 3.35. The number of rotatable bonds is 4. The second-order valence-electron chi connectivity index (χ2n) is 6.55. The Morgan fingerprint density at radius 3 is 2.43 bits per heavy atom. The summed E-state index contributed by atoms with van der Waals surface area (Å²) in [5, 5.41) is 4.13. The zero-order valence-electron chi connectivity index (χ0n) is 15.3. The summed E-state index contributed by atoms with van der Waals surface area (Å²) in [5.74, 6) is 0. The molecule has 0 bridgehead atoms. The number of para-hydroxylation sites is 1. The summed E-state index contributed by atoms with van der Waals surface area (Å²) >= 11 is 6.12. The van der Waals surface area contributed by atoms with Crippen molar-refractivity contribution in [3.63, 3.8) is 0 Å². The largest absolute Gasteiger partial charge is 0.355 e. The maximum atomic E-state index is 6.12. The van der Waals surface area contributed by atoms with E-state index < -0.39 is 0 Å². The molecule has 2 aromatic carbocycles. The molecule has 28 heavy (non-hydrogen) atoms. The fourth-order valence-corrected chi connectivity index (χ4v) is 3.47. The third-order valence-electron chi connectivity index (χ3n) is 4.67. The molecule has 2 heterocycles. The van der Waals surface area contributed by atoms with Crippen LogP contribution >= 0.6 is 11.6 Å². The summed E-state index contributed by atoms with van der Waals surface area (Å²) < 4.78 is 0. The fraction of sp³-hybridized carbons (Fsp3) is 0. The normalized spacial score (nSPS) is 13.4. The number of aromatic nitrogens is 1. The molecule has 0 saturated heterocycles. The van der Waals surface area contributed by atoms with Crippen molar-refractivity contribution >= 4 is 28.9 Å². The first-order valence-corrected chi connectivity index (χ1v) is 9.34. The molecule has 0 aliphatic carbocycles. The van der Waals surface area contributed by atoms with Gasteiger partial charge in [-0.1, -0.05) is 67.2 Å². The molecular formula is C25H19ClN2. The van der Waals surface area contributed by atoms with Gasteiger partial charge >= 0.3 is 0 Å². The average Bonchev–Trinajstić information content (AvgIpc) is 2.72. The second-order valence-corrected chi connectivity index (χ2v) is 6.98. The molecule has 0 spiro atoms. The van der Waals surface area contributed by atoms with Crippen LogP contribution in [0.4, 0.5) is 5.69 Å². The van der Waals surface area contributed by atoms with Crippen molar-refractivity contribution in [3.05, 3.63) is 131 Å². The Hall–Kier alpha value is -3.36. The molecule has 136 valence electrons. The van der Waals surface area contributed by atoms with Crippen LogP contribution in [-0.4, -0.2) is 4.98 Å². The van der Waals surface area contributed by atoms with Crippen molar-refractivity contribution in [1.29, 1.82) is 0 Å². The molecule has 4 rings (SSSR count). The Kier molecular flexibility index (Phi) is 4.96. The van der Waals surface area contributed by atoms with Crippen LogP contribution in [0.25, 0.3) is 11.6 Å². The minimum absolute atomic E-state index is 0.711. The average molecular weight is 383 g/mol. The Balaban J connectivity index is 1.86. The number of halogens is 1. The van der Waals surface area contributed by atoms with E-state index in [9.17, 15) is 0 Å². The minimum Gasteiger partial charge on any atom is -0.355 e. The highest BCUT2D eigenvalue weighted by atomic mass is 35.5. The van der Waals surface area contributed by atoms with Crippen molar-refractivity contribution in [3.8, 4) is 0 Å². The van der Waals surface area contributed by atoms with E-state index >= 15 is 0 Å². The Morgan fingerprint density at radius 2 is 1.68 bits per heavy atom. The van der Waals surface area contributed by atoms with E-state index in [0.29, 0.717) is 5.02 Å². The van der Waals surface area contributed by atoms with Gasteiger partial charge in [0, 0.05) is 45.5 Å². The SMILES string of the molecule is C=C(/C=C/c1ccncc1)C1=C(c2ccc(Cl)cc2)c2ccccc2NC1=C. The highest BCUT2D eigenvalue weighted by Crippen LogP contribution is 2.42. The van der Waals surface area contributed by atoms with Gasteiger partial charge < -0.3 is 5.32 Å². The maximum Gasteiger partial charge on any atom is 0.0464 e. The summed E-state index contributed by atoms with van der Waals surface area (Å²) in [6.07, 6.45) is 7.60. The van der Waals surface area contributed by atoms with Crippen molar-refractivity contribution in [2.45, 2.75) is 0 Å². The number of benzene rings is 2. The first kappa shape index (κ1) is 18.0. The van der Waals surface area contributed by atoms with Gasteiger partial charge in [-0.3, -0.25) is 4.98 Å². The lowest BCUT2D eigenvalue weighted by Crippen LogP contribution is -2.13. The van der Waals surface area contributed by atoms with Gasteiger partial charge in [-0.15, -0.1) is 0 Å². The lowest BCUT2D eigenvalue weighted by molar-refractivity contribution is 1.32. The zero-order valence-corrected chi connectivity index (χ0v) is 16.1.